The molecule has 2 aromatic heterocycles. The summed E-state index contributed by atoms with van der Waals surface area (Å²) in [6, 6.07) is 4.33. The van der Waals surface area contributed by atoms with Gasteiger partial charge in [-0.3, -0.25) is 4.79 Å². The zero-order valence-corrected chi connectivity index (χ0v) is 12.1. The van der Waals surface area contributed by atoms with Crippen LogP contribution >= 0.6 is 0 Å². The Hall–Kier alpha value is -1.91. The minimum Gasteiger partial charge on any atom is -0.481 e. The standard InChI is InChI=1S/C16H19N3O2/c1-9-7-11(12(8-9)16(20)21)14-18-13-3-2-6-17-15(13)19(14)10-4-5-10/h2-3,6,9-12H,4-5,7-8H2,1H3,(H,20,21). The first-order valence-corrected chi connectivity index (χ1v) is 7.71. The molecule has 0 saturated heterocycles. The zero-order valence-electron chi connectivity index (χ0n) is 12.1. The Labute approximate surface area is 123 Å². The van der Waals surface area contributed by atoms with Crippen LogP contribution in [-0.2, 0) is 4.79 Å². The number of carboxylic acid groups (broad SMARTS) is 1. The maximum atomic E-state index is 11.6. The number of aromatic nitrogens is 3. The van der Waals surface area contributed by atoms with Gasteiger partial charge in [0.05, 0.1) is 5.92 Å². The molecular weight excluding hydrogens is 266 g/mol. The fourth-order valence-electron chi connectivity index (χ4n) is 3.75. The van der Waals surface area contributed by atoms with Gasteiger partial charge in [0, 0.05) is 18.2 Å². The van der Waals surface area contributed by atoms with Gasteiger partial charge in [-0.1, -0.05) is 6.92 Å². The van der Waals surface area contributed by atoms with Gasteiger partial charge in [-0.25, -0.2) is 9.97 Å². The molecule has 5 nitrogen and oxygen atoms in total. The third kappa shape index (κ3) is 2.03. The number of carboxylic acids is 1. The molecule has 0 spiro atoms. The van der Waals surface area contributed by atoms with Crippen molar-refractivity contribution in [1.82, 2.24) is 14.5 Å². The van der Waals surface area contributed by atoms with Crippen LogP contribution in [0.3, 0.4) is 0 Å². The van der Waals surface area contributed by atoms with Crippen LogP contribution in [0.2, 0.25) is 0 Å². The molecule has 3 unspecified atom stereocenters. The number of fused-ring (bicyclic) bond motifs is 1. The van der Waals surface area contributed by atoms with E-state index in [1.54, 1.807) is 6.20 Å². The third-order valence-electron chi connectivity index (χ3n) is 4.84. The van der Waals surface area contributed by atoms with Crippen LogP contribution in [0.5, 0.6) is 0 Å². The molecule has 3 atom stereocenters. The van der Waals surface area contributed by atoms with Gasteiger partial charge in [0.1, 0.15) is 11.3 Å². The second kappa shape index (κ2) is 4.55. The fourth-order valence-corrected chi connectivity index (χ4v) is 3.75. The van der Waals surface area contributed by atoms with Crippen LogP contribution < -0.4 is 0 Å². The molecule has 5 heteroatoms. The number of rotatable bonds is 3. The van der Waals surface area contributed by atoms with Crippen molar-refractivity contribution in [2.75, 3.05) is 0 Å². The van der Waals surface area contributed by atoms with Crippen LogP contribution in [-0.4, -0.2) is 25.6 Å². The van der Waals surface area contributed by atoms with Crippen LogP contribution in [0.25, 0.3) is 11.2 Å². The van der Waals surface area contributed by atoms with E-state index in [-0.39, 0.29) is 11.8 Å². The van der Waals surface area contributed by atoms with Crippen molar-refractivity contribution in [3.8, 4) is 0 Å². The van der Waals surface area contributed by atoms with Crippen LogP contribution in [0.1, 0.15) is 50.4 Å². The van der Waals surface area contributed by atoms with E-state index < -0.39 is 5.97 Å². The molecule has 2 aliphatic rings. The minimum atomic E-state index is -0.688. The second-order valence-electron chi connectivity index (χ2n) is 6.55. The molecule has 0 amide bonds. The van der Waals surface area contributed by atoms with Gasteiger partial charge in [0.15, 0.2) is 5.65 Å². The highest BCUT2D eigenvalue weighted by Gasteiger charge is 2.42. The van der Waals surface area contributed by atoms with Crippen molar-refractivity contribution in [3.63, 3.8) is 0 Å². The van der Waals surface area contributed by atoms with E-state index in [0.29, 0.717) is 12.0 Å². The van der Waals surface area contributed by atoms with E-state index in [2.05, 4.69) is 16.5 Å². The second-order valence-corrected chi connectivity index (χ2v) is 6.55. The van der Waals surface area contributed by atoms with E-state index in [1.165, 1.54) is 0 Å². The fraction of sp³-hybridized carbons (Fsp3) is 0.562. The highest BCUT2D eigenvalue weighted by molar-refractivity contribution is 5.74. The third-order valence-corrected chi connectivity index (χ3v) is 4.84. The summed E-state index contributed by atoms with van der Waals surface area (Å²) in [4.78, 5) is 20.8. The van der Waals surface area contributed by atoms with Crippen LogP contribution in [0.4, 0.5) is 0 Å². The minimum absolute atomic E-state index is 0.0206. The summed E-state index contributed by atoms with van der Waals surface area (Å²) in [5.74, 6) is 0.410. The zero-order chi connectivity index (χ0) is 14.6. The summed E-state index contributed by atoms with van der Waals surface area (Å²) in [5, 5.41) is 9.53. The average Bonchev–Trinajstić information content (AvgIpc) is 3.10. The highest BCUT2D eigenvalue weighted by atomic mass is 16.4. The predicted octanol–water partition coefficient (Wildman–Crippen LogP) is 2.98. The Kier molecular flexibility index (Phi) is 2.77. The Morgan fingerprint density at radius 3 is 2.90 bits per heavy atom. The van der Waals surface area contributed by atoms with Crippen molar-refractivity contribution < 1.29 is 9.90 Å². The van der Waals surface area contributed by atoms with Crippen molar-refractivity contribution in [2.24, 2.45) is 11.8 Å². The number of imidazole rings is 1. The highest BCUT2D eigenvalue weighted by Crippen LogP contribution is 2.47. The Bertz CT molecular complexity index is 705. The van der Waals surface area contributed by atoms with E-state index in [0.717, 1.165) is 42.7 Å². The van der Waals surface area contributed by atoms with E-state index in [1.807, 2.05) is 12.1 Å². The van der Waals surface area contributed by atoms with E-state index in [4.69, 9.17) is 4.98 Å². The van der Waals surface area contributed by atoms with Crippen molar-refractivity contribution in [2.45, 2.75) is 44.6 Å². The Morgan fingerprint density at radius 1 is 1.38 bits per heavy atom. The maximum absolute atomic E-state index is 11.6. The molecule has 2 aromatic rings. The summed E-state index contributed by atoms with van der Waals surface area (Å²) < 4.78 is 2.22. The normalized spacial score (nSPS) is 29.1. The number of nitrogens with zero attached hydrogens (tertiary/aromatic N) is 3. The number of pyridine rings is 1. The smallest absolute Gasteiger partial charge is 0.307 e. The van der Waals surface area contributed by atoms with Crippen molar-refractivity contribution in [1.29, 1.82) is 0 Å². The molecule has 0 aromatic carbocycles. The summed E-state index contributed by atoms with van der Waals surface area (Å²) in [7, 11) is 0. The first kappa shape index (κ1) is 12.8. The summed E-state index contributed by atoms with van der Waals surface area (Å²) >= 11 is 0. The lowest BCUT2D eigenvalue weighted by molar-refractivity contribution is -0.142. The molecule has 0 aliphatic heterocycles. The Balaban J connectivity index is 1.85. The van der Waals surface area contributed by atoms with Gasteiger partial charge in [0.25, 0.3) is 0 Å². The Morgan fingerprint density at radius 2 is 2.19 bits per heavy atom. The predicted molar refractivity (Wildman–Crippen MR) is 78.1 cm³/mol. The van der Waals surface area contributed by atoms with E-state index in [9.17, 15) is 9.90 Å². The molecule has 2 fully saturated rings. The lowest BCUT2D eigenvalue weighted by atomic mass is 9.95. The quantitative estimate of drug-likeness (QED) is 0.941. The molecule has 2 heterocycles. The number of hydrogen-bond acceptors (Lipinski definition) is 3. The largest absolute Gasteiger partial charge is 0.481 e. The van der Waals surface area contributed by atoms with Crippen molar-refractivity contribution >= 4 is 17.1 Å². The topological polar surface area (TPSA) is 68.0 Å². The average molecular weight is 285 g/mol. The van der Waals surface area contributed by atoms with Gasteiger partial charge >= 0.3 is 5.97 Å². The first-order valence-electron chi connectivity index (χ1n) is 7.71. The number of carbonyl (C=O) groups is 1. The number of aliphatic carboxylic acids is 1. The van der Waals surface area contributed by atoms with E-state index >= 15 is 0 Å². The lowest BCUT2D eigenvalue weighted by Crippen LogP contribution is -2.20. The SMILES string of the molecule is CC1CC(C(=O)O)C(c2nc3cccnc3n2C2CC2)C1. The van der Waals surface area contributed by atoms with Gasteiger partial charge in [-0.15, -0.1) is 0 Å². The van der Waals surface area contributed by atoms with Gasteiger partial charge in [0.2, 0.25) is 0 Å². The van der Waals surface area contributed by atoms with Gasteiger partial charge in [-0.05, 0) is 43.7 Å². The molecule has 2 saturated carbocycles. The van der Waals surface area contributed by atoms with Crippen LogP contribution in [0.15, 0.2) is 18.3 Å². The van der Waals surface area contributed by atoms with Crippen molar-refractivity contribution in [3.05, 3.63) is 24.2 Å². The van der Waals surface area contributed by atoms with Gasteiger partial charge < -0.3 is 9.67 Å². The summed E-state index contributed by atoms with van der Waals surface area (Å²) in [6.07, 6.45) is 5.75. The molecular formula is C16H19N3O2. The lowest BCUT2D eigenvalue weighted by Gasteiger charge is -2.17. The number of hydrogen-bond donors (Lipinski definition) is 1. The monoisotopic (exact) mass is 285 g/mol. The molecule has 0 radical (unpaired) electrons. The summed E-state index contributed by atoms with van der Waals surface area (Å²) in [5.41, 5.74) is 1.81. The van der Waals surface area contributed by atoms with Crippen LogP contribution in [0, 0.1) is 11.8 Å². The molecule has 4 rings (SSSR count). The molecule has 1 N–H and O–H groups in total. The maximum Gasteiger partial charge on any atom is 0.307 e. The molecule has 110 valence electrons. The summed E-state index contributed by atoms with van der Waals surface area (Å²) in [6.45, 7) is 2.14. The first-order chi connectivity index (χ1) is 10.1. The van der Waals surface area contributed by atoms with Gasteiger partial charge in [-0.2, -0.15) is 0 Å². The molecule has 21 heavy (non-hydrogen) atoms. The molecule has 0 bridgehead atoms. The molecule has 2 aliphatic carbocycles.